The molecule has 0 aliphatic heterocycles. The lowest BCUT2D eigenvalue weighted by molar-refractivity contribution is -0.701. The summed E-state index contributed by atoms with van der Waals surface area (Å²) >= 11 is 0. The van der Waals surface area contributed by atoms with Crippen molar-refractivity contribution in [2.75, 3.05) is 13.7 Å². The van der Waals surface area contributed by atoms with Crippen LogP contribution in [-0.2, 0) is 13.1 Å². The molecule has 1 aromatic heterocycles. The topological polar surface area (TPSA) is 59.7 Å². The van der Waals surface area contributed by atoms with Gasteiger partial charge in [0.2, 0.25) is 5.69 Å². The van der Waals surface area contributed by atoms with E-state index < -0.39 is 0 Å². The van der Waals surface area contributed by atoms with Crippen LogP contribution < -0.4 is 14.0 Å². The molecule has 3 rings (SSSR count). The van der Waals surface area contributed by atoms with Crippen LogP contribution in [0.25, 0.3) is 0 Å². The lowest BCUT2D eigenvalue weighted by atomic mass is 10.1. The number of hydrogen-bond donors (Lipinski definition) is 0. The van der Waals surface area contributed by atoms with E-state index in [4.69, 9.17) is 9.47 Å². The Morgan fingerprint density at radius 3 is 2.00 bits per heavy atom. The standard InChI is InChI=1S/C35H47N2O4/c1-4-6-7-8-9-10-11-12-13-19-26-41-32-24-23-30(27-33(32)40-3)35(39)37(34(38)29-20-15-14-16-21-29)28-31-22-17-18-25-36(31)5-2/h14-18,20-25,27H,4-13,19,26,28H2,1-3H3/q+1. The summed E-state index contributed by atoms with van der Waals surface area (Å²) < 4.78 is 13.6. The number of imide groups is 1. The number of ether oxygens (including phenoxy) is 2. The van der Waals surface area contributed by atoms with Crippen molar-refractivity contribution >= 4 is 11.8 Å². The van der Waals surface area contributed by atoms with Gasteiger partial charge in [-0.15, -0.1) is 0 Å². The highest BCUT2D eigenvalue weighted by atomic mass is 16.5. The fourth-order valence-corrected chi connectivity index (χ4v) is 4.95. The molecule has 0 atom stereocenters. The zero-order chi connectivity index (χ0) is 29.3. The van der Waals surface area contributed by atoms with Crippen molar-refractivity contribution in [1.29, 1.82) is 0 Å². The lowest BCUT2D eigenvalue weighted by Gasteiger charge is -2.21. The van der Waals surface area contributed by atoms with Crippen molar-refractivity contribution in [2.45, 2.75) is 91.1 Å². The van der Waals surface area contributed by atoms with Gasteiger partial charge in [-0.3, -0.25) is 14.5 Å². The number of hydrogen-bond acceptors (Lipinski definition) is 4. The molecule has 220 valence electrons. The molecule has 2 amide bonds. The third-order valence-electron chi connectivity index (χ3n) is 7.37. The van der Waals surface area contributed by atoms with Crippen LogP contribution in [0.4, 0.5) is 0 Å². The van der Waals surface area contributed by atoms with Crippen LogP contribution in [0.15, 0.2) is 72.9 Å². The first kappa shape index (κ1) is 31.9. The zero-order valence-corrected chi connectivity index (χ0v) is 25.1. The Balaban J connectivity index is 1.63. The van der Waals surface area contributed by atoms with E-state index in [1.165, 1.54) is 56.3 Å². The molecular formula is C35H47N2O4+. The van der Waals surface area contributed by atoms with Crippen molar-refractivity contribution in [3.05, 3.63) is 89.7 Å². The molecule has 0 bridgehead atoms. The number of pyridine rings is 1. The average molecular weight is 560 g/mol. The number of methoxy groups -OCH3 is 1. The van der Waals surface area contributed by atoms with Crippen LogP contribution in [0.5, 0.6) is 11.5 Å². The first-order valence-corrected chi connectivity index (χ1v) is 15.3. The van der Waals surface area contributed by atoms with Gasteiger partial charge in [0.15, 0.2) is 17.7 Å². The summed E-state index contributed by atoms with van der Waals surface area (Å²) in [6.45, 7) is 5.78. The Hall–Kier alpha value is -3.67. The average Bonchev–Trinajstić information content (AvgIpc) is 3.02. The number of amides is 2. The molecule has 6 heteroatoms. The van der Waals surface area contributed by atoms with Crippen molar-refractivity contribution in [3.63, 3.8) is 0 Å². The summed E-state index contributed by atoms with van der Waals surface area (Å²) in [5.74, 6) is 0.360. The molecule has 0 radical (unpaired) electrons. The minimum absolute atomic E-state index is 0.153. The Bertz CT molecular complexity index is 1210. The maximum atomic E-state index is 13.8. The predicted octanol–water partition coefficient (Wildman–Crippen LogP) is 7.79. The molecule has 6 nitrogen and oxygen atoms in total. The number of carbonyl (C=O) groups is 2. The zero-order valence-electron chi connectivity index (χ0n) is 25.1. The van der Waals surface area contributed by atoms with Crippen molar-refractivity contribution < 1.29 is 23.6 Å². The number of nitrogens with zero attached hydrogens (tertiary/aromatic N) is 2. The highest BCUT2D eigenvalue weighted by molar-refractivity contribution is 6.10. The Labute approximate surface area is 246 Å². The smallest absolute Gasteiger partial charge is 0.261 e. The molecule has 0 unspecified atom stereocenters. The molecule has 0 fully saturated rings. The highest BCUT2D eigenvalue weighted by Crippen LogP contribution is 2.29. The second-order valence-electron chi connectivity index (χ2n) is 10.4. The second kappa shape index (κ2) is 17.9. The summed E-state index contributed by atoms with van der Waals surface area (Å²) in [7, 11) is 1.57. The SMILES string of the molecule is CCCCCCCCCCCCOc1ccc(C(=O)N(Cc2cccc[n+]2CC)C(=O)c2ccccc2)cc1OC. The molecule has 0 aliphatic carbocycles. The number of rotatable bonds is 18. The molecule has 0 saturated carbocycles. The van der Waals surface area contributed by atoms with Crippen LogP contribution >= 0.6 is 0 Å². The van der Waals surface area contributed by atoms with E-state index >= 15 is 0 Å². The summed E-state index contributed by atoms with van der Waals surface area (Å²) in [6.07, 6.45) is 14.6. The van der Waals surface area contributed by atoms with Crippen LogP contribution in [0.2, 0.25) is 0 Å². The van der Waals surface area contributed by atoms with E-state index in [2.05, 4.69) is 6.92 Å². The van der Waals surface area contributed by atoms with Gasteiger partial charge >= 0.3 is 0 Å². The van der Waals surface area contributed by atoms with Gasteiger partial charge < -0.3 is 9.47 Å². The molecule has 0 spiro atoms. The Morgan fingerprint density at radius 2 is 1.34 bits per heavy atom. The van der Waals surface area contributed by atoms with E-state index in [0.717, 1.165) is 25.1 Å². The van der Waals surface area contributed by atoms with Crippen LogP contribution in [0.3, 0.4) is 0 Å². The van der Waals surface area contributed by atoms with Gasteiger partial charge in [-0.2, -0.15) is 0 Å². The number of benzene rings is 2. The van der Waals surface area contributed by atoms with Gasteiger partial charge in [0.25, 0.3) is 11.8 Å². The maximum absolute atomic E-state index is 13.8. The lowest BCUT2D eigenvalue weighted by Crippen LogP contribution is -2.43. The van der Waals surface area contributed by atoms with E-state index in [1.807, 2.05) is 42.0 Å². The number of aryl methyl sites for hydroxylation is 1. The first-order valence-electron chi connectivity index (χ1n) is 15.3. The molecule has 0 saturated heterocycles. The molecular weight excluding hydrogens is 512 g/mol. The van der Waals surface area contributed by atoms with Crippen LogP contribution in [0.1, 0.15) is 104 Å². The molecule has 41 heavy (non-hydrogen) atoms. The highest BCUT2D eigenvalue weighted by Gasteiger charge is 2.28. The first-order chi connectivity index (χ1) is 20.1. The van der Waals surface area contributed by atoms with Crippen molar-refractivity contribution in [2.24, 2.45) is 0 Å². The minimum Gasteiger partial charge on any atom is -0.493 e. The molecule has 3 aromatic rings. The molecule has 1 heterocycles. The maximum Gasteiger partial charge on any atom is 0.261 e. The van der Waals surface area contributed by atoms with Gasteiger partial charge in [0.05, 0.1) is 13.7 Å². The largest absolute Gasteiger partial charge is 0.493 e. The van der Waals surface area contributed by atoms with Gasteiger partial charge in [-0.1, -0.05) is 89.0 Å². The molecule has 0 aliphatic rings. The summed E-state index contributed by atoms with van der Waals surface area (Å²) in [5, 5.41) is 0. The number of carbonyl (C=O) groups excluding carboxylic acids is 2. The van der Waals surface area contributed by atoms with Gasteiger partial charge in [-0.05, 0) is 43.7 Å². The quantitative estimate of drug-likeness (QED) is 0.0907. The number of aromatic nitrogens is 1. The molecule has 2 aromatic carbocycles. The van der Waals surface area contributed by atoms with Crippen LogP contribution in [-0.4, -0.2) is 30.4 Å². The summed E-state index contributed by atoms with van der Waals surface area (Å²) in [5.41, 5.74) is 1.70. The van der Waals surface area contributed by atoms with Gasteiger partial charge in [0.1, 0.15) is 13.1 Å². The monoisotopic (exact) mass is 559 g/mol. The van der Waals surface area contributed by atoms with E-state index in [9.17, 15) is 9.59 Å². The van der Waals surface area contributed by atoms with E-state index in [1.54, 1.807) is 49.6 Å². The third-order valence-corrected chi connectivity index (χ3v) is 7.37. The molecule has 0 N–H and O–H groups in total. The van der Waals surface area contributed by atoms with E-state index in [0.29, 0.717) is 29.2 Å². The van der Waals surface area contributed by atoms with Gasteiger partial charge in [0, 0.05) is 23.3 Å². The van der Waals surface area contributed by atoms with E-state index in [-0.39, 0.29) is 18.4 Å². The Morgan fingerprint density at radius 1 is 0.707 bits per heavy atom. The van der Waals surface area contributed by atoms with Crippen molar-refractivity contribution in [1.82, 2.24) is 4.90 Å². The summed E-state index contributed by atoms with van der Waals surface area (Å²) in [6, 6.07) is 19.9. The van der Waals surface area contributed by atoms with Crippen LogP contribution in [0, 0.1) is 0 Å². The summed E-state index contributed by atoms with van der Waals surface area (Å²) in [4.78, 5) is 28.7. The fraction of sp³-hybridized carbons (Fsp3) is 0.457. The second-order valence-corrected chi connectivity index (χ2v) is 10.4. The third kappa shape index (κ3) is 10.0. The minimum atomic E-state index is -0.384. The number of unbranched alkanes of at least 4 members (excludes halogenated alkanes) is 9. The predicted molar refractivity (Wildman–Crippen MR) is 163 cm³/mol. The van der Waals surface area contributed by atoms with Gasteiger partial charge in [-0.25, -0.2) is 4.57 Å². The fourth-order valence-electron chi connectivity index (χ4n) is 4.95. The normalized spacial score (nSPS) is 10.8. The van der Waals surface area contributed by atoms with Crippen molar-refractivity contribution in [3.8, 4) is 11.5 Å². The Kier molecular flexibility index (Phi) is 13.9.